The topological polar surface area (TPSA) is 132 Å². The molecule has 1 aliphatic heterocycles. The number of amides is 1. The van der Waals surface area contributed by atoms with Crippen molar-refractivity contribution in [2.24, 2.45) is 0 Å². The molecule has 0 spiro atoms. The molecule has 1 atom stereocenters. The van der Waals surface area contributed by atoms with E-state index in [0.29, 0.717) is 10.5 Å². The average molecular weight is 547 g/mol. The van der Waals surface area contributed by atoms with Gasteiger partial charge < -0.3 is 14.9 Å². The fourth-order valence-electron chi connectivity index (χ4n) is 2.92. The zero-order valence-corrected chi connectivity index (χ0v) is 18.1. The van der Waals surface area contributed by atoms with Crippen molar-refractivity contribution in [3.05, 3.63) is 64.3 Å². The zero-order valence-electron chi connectivity index (χ0n) is 16.5. The molecule has 2 aromatic heterocycles. The van der Waals surface area contributed by atoms with Crippen molar-refractivity contribution < 1.29 is 41.4 Å². The van der Waals surface area contributed by atoms with Crippen LogP contribution >= 0.6 is 15.9 Å². The van der Waals surface area contributed by atoms with Crippen molar-refractivity contribution >= 4 is 39.5 Å². The maximum absolute atomic E-state index is 13.8. The van der Waals surface area contributed by atoms with Crippen molar-refractivity contribution in [2.45, 2.75) is 18.6 Å². The van der Waals surface area contributed by atoms with Crippen LogP contribution in [0.1, 0.15) is 11.3 Å². The maximum Gasteiger partial charge on any atom is 0.491 e. The third kappa shape index (κ3) is 4.36. The summed E-state index contributed by atoms with van der Waals surface area (Å²) in [5, 5.41) is 9.87. The van der Waals surface area contributed by atoms with Gasteiger partial charge >= 0.3 is 24.1 Å². The quantitative estimate of drug-likeness (QED) is 0.350. The number of nitrogens with zero attached hydrogens (tertiary/aromatic N) is 4. The number of rotatable bonds is 6. The number of carbonyl (C=O) groups is 2. The molecular weight excluding hydrogens is 536 g/mol. The molecule has 2 N–H and O–H groups in total. The van der Waals surface area contributed by atoms with Gasteiger partial charge in [0.2, 0.25) is 11.5 Å². The van der Waals surface area contributed by atoms with Crippen LogP contribution in [0.5, 0.6) is 0 Å². The van der Waals surface area contributed by atoms with Gasteiger partial charge in [0.1, 0.15) is 5.82 Å². The van der Waals surface area contributed by atoms with E-state index in [-0.39, 0.29) is 22.5 Å². The molecule has 178 valence electrons. The monoisotopic (exact) mass is 546 g/mol. The molecule has 0 bridgehead atoms. The normalized spacial score (nSPS) is 18.0. The number of hydroxylamine groups is 1. The summed E-state index contributed by atoms with van der Waals surface area (Å²) >= 11 is 2.92. The zero-order chi connectivity index (χ0) is 24.5. The Morgan fingerprint density at radius 1 is 1.29 bits per heavy atom. The molecule has 1 aliphatic rings. The summed E-state index contributed by atoms with van der Waals surface area (Å²) in [6.07, 6.45) is -3.73. The number of hydrogen-bond acceptors (Lipinski definition) is 10. The molecule has 11 nitrogen and oxygen atoms in total. The molecule has 0 radical (unpaired) electrons. The molecule has 16 heteroatoms. The molecule has 3 heterocycles. The molecule has 1 saturated heterocycles. The molecule has 4 rings (SSSR count). The van der Waals surface area contributed by atoms with Crippen LogP contribution in [-0.4, -0.2) is 33.5 Å². The van der Waals surface area contributed by atoms with Crippen molar-refractivity contribution in [3.8, 4) is 0 Å². The Balaban J connectivity index is 1.80. The predicted molar refractivity (Wildman–Crippen MR) is 106 cm³/mol. The van der Waals surface area contributed by atoms with Crippen molar-refractivity contribution in [1.29, 1.82) is 0 Å². The number of pyridine rings is 1. The molecule has 0 saturated carbocycles. The van der Waals surface area contributed by atoms with Crippen LogP contribution in [0.15, 0.2) is 51.8 Å². The second kappa shape index (κ2) is 8.86. The second-order valence-corrected chi connectivity index (χ2v) is 7.47. The average Bonchev–Trinajstić information content (AvgIpc) is 3.39. The highest BCUT2D eigenvalue weighted by atomic mass is 79.9. The first-order valence-corrected chi connectivity index (χ1v) is 9.90. The molecule has 1 amide bonds. The van der Waals surface area contributed by atoms with Gasteiger partial charge in [-0.05, 0) is 56.1 Å². The van der Waals surface area contributed by atoms with Gasteiger partial charge in [0.05, 0.1) is 10.2 Å². The minimum Gasteiger partial charge on any atom is -0.408 e. The lowest BCUT2D eigenvalue weighted by Crippen LogP contribution is -2.55. The smallest absolute Gasteiger partial charge is 0.408 e. The van der Waals surface area contributed by atoms with Gasteiger partial charge in [-0.3, -0.25) is 4.98 Å². The fourth-order valence-corrected chi connectivity index (χ4v) is 3.29. The molecular formula is C18H11BrF4N6O5. The Bertz CT molecular complexity index is 1230. The van der Waals surface area contributed by atoms with E-state index in [0.717, 1.165) is 18.2 Å². The Morgan fingerprint density at radius 2 is 2.09 bits per heavy atom. The van der Waals surface area contributed by atoms with E-state index in [1.165, 1.54) is 12.4 Å². The first kappa shape index (κ1) is 23.4. The minimum atomic E-state index is -5.46. The number of anilines is 2. The molecule has 1 fully saturated rings. The van der Waals surface area contributed by atoms with Crippen molar-refractivity contribution in [3.63, 3.8) is 0 Å². The SMILES string of the molecule is O=C1ONC(OC(=O)C(F)(F)F)(c2nonc2NCc2cccnc2)N1c1ccc(F)c(Br)c1. The van der Waals surface area contributed by atoms with Gasteiger partial charge in [-0.25, -0.2) is 23.5 Å². The molecule has 34 heavy (non-hydrogen) atoms. The lowest BCUT2D eigenvalue weighted by Gasteiger charge is -2.32. The third-order valence-electron chi connectivity index (χ3n) is 4.40. The highest BCUT2D eigenvalue weighted by Crippen LogP contribution is 2.41. The number of hydrogen-bond donors (Lipinski definition) is 2. The van der Waals surface area contributed by atoms with Crippen LogP contribution in [0.4, 0.5) is 33.9 Å². The number of halogens is 5. The van der Waals surface area contributed by atoms with Crippen LogP contribution in [0, 0.1) is 5.82 Å². The Hall–Kier alpha value is -3.79. The Labute approximate surface area is 195 Å². The largest absolute Gasteiger partial charge is 0.491 e. The summed E-state index contributed by atoms with van der Waals surface area (Å²) in [4.78, 5) is 33.5. The van der Waals surface area contributed by atoms with Gasteiger partial charge in [-0.1, -0.05) is 11.5 Å². The van der Waals surface area contributed by atoms with Crippen LogP contribution in [0.25, 0.3) is 0 Å². The lowest BCUT2D eigenvalue weighted by atomic mass is 10.2. The number of carbonyl (C=O) groups excluding carboxylic acids is 2. The van der Waals surface area contributed by atoms with E-state index in [2.05, 4.69) is 45.9 Å². The predicted octanol–water partition coefficient (Wildman–Crippen LogP) is 3.36. The van der Waals surface area contributed by atoms with E-state index in [1.54, 1.807) is 12.1 Å². The van der Waals surface area contributed by atoms with E-state index >= 15 is 0 Å². The van der Waals surface area contributed by atoms with Gasteiger partial charge in [0.15, 0.2) is 0 Å². The summed E-state index contributed by atoms with van der Waals surface area (Å²) in [6.45, 7) is 0.0508. The van der Waals surface area contributed by atoms with Crippen LogP contribution in [0.3, 0.4) is 0 Å². The number of ether oxygens (including phenoxy) is 1. The van der Waals surface area contributed by atoms with E-state index in [4.69, 9.17) is 4.84 Å². The van der Waals surface area contributed by atoms with Gasteiger partial charge in [0, 0.05) is 18.9 Å². The Morgan fingerprint density at radius 3 is 2.76 bits per heavy atom. The van der Waals surface area contributed by atoms with Gasteiger partial charge in [-0.2, -0.15) is 13.2 Å². The highest BCUT2D eigenvalue weighted by Gasteiger charge is 2.60. The maximum atomic E-state index is 13.8. The summed E-state index contributed by atoms with van der Waals surface area (Å²) in [7, 11) is 0. The van der Waals surface area contributed by atoms with Crippen LogP contribution in [0.2, 0.25) is 0 Å². The molecule has 0 aliphatic carbocycles. The van der Waals surface area contributed by atoms with E-state index in [1.807, 2.05) is 5.48 Å². The summed E-state index contributed by atoms with van der Waals surface area (Å²) in [6, 6.07) is 6.35. The first-order chi connectivity index (χ1) is 16.1. The summed E-state index contributed by atoms with van der Waals surface area (Å²) in [5.41, 5.74) is 1.78. The highest BCUT2D eigenvalue weighted by molar-refractivity contribution is 9.10. The van der Waals surface area contributed by atoms with Crippen molar-refractivity contribution in [2.75, 3.05) is 10.2 Å². The summed E-state index contributed by atoms with van der Waals surface area (Å²) in [5.74, 6) is -6.55. The first-order valence-electron chi connectivity index (χ1n) is 9.11. The number of aromatic nitrogens is 3. The van der Waals surface area contributed by atoms with Crippen LogP contribution in [-0.2, 0) is 26.8 Å². The number of benzene rings is 1. The summed E-state index contributed by atoms with van der Waals surface area (Å²) < 4.78 is 62.4. The number of esters is 1. The minimum absolute atomic E-state index is 0.0508. The van der Waals surface area contributed by atoms with Crippen LogP contribution < -0.4 is 15.7 Å². The molecule has 1 unspecified atom stereocenters. The van der Waals surface area contributed by atoms with Gasteiger partial charge in [-0.15, -0.1) is 0 Å². The van der Waals surface area contributed by atoms with E-state index in [9.17, 15) is 27.2 Å². The standard InChI is InChI=1S/C18H11BrF4N6O5/c19-11-6-10(3-4-12(11)20)29-16(31)33-28-18(29,32-15(30)17(21,22)23)13-14(27-34-26-13)25-8-9-2-1-5-24-7-9/h1-7,28H,8H2,(H,25,27). The fraction of sp³-hybridized carbons (Fsp3) is 0.167. The lowest BCUT2D eigenvalue weighted by molar-refractivity contribution is -0.222. The molecule has 3 aromatic rings. The second-order valence-electron chi connectivity index (χ2n) is 6.61. The third-order valence-corrected chi connectivity index (χ3v) is 5.01. The Kier molecular flexibility index (Phi) is 6.09. The number of alkyl halides is 3. The van der Waals surface area contributed by atoms with Crippen molar-refractivity contribution in [1.82, 2.24) is 20.8 Å². The molecule has 1 aromatic carbocycles. The van der Waals surface area contributed by atoms with E-state index < -0.39 is 35.6 Å². The number of nitrogens with one attached hydrogen (secondary N) is 2. The van der Waals surface area contributed by atoms with Gasteiger partial charge in [0.25, 0.3) is 0 Å².